The molecule has 0 aliphatic heterocycles. The van der Waals surface area contributed by atoms with Gasteiger partial charge >= 0.3 is 0 Å². The Kier molecular flexibility index (Phi) is 3.11. The van der Waals surface area contributed by atoms with Crippen LogP contribution in [0.5, 0.6) is 0 Å². The zero-order valence-electron chi connectivity index (χ0n) is 11.8. The summed E-state index contributed by atoms with van der Waals surface area (Å²) in [7, 11) is 0. The molecule has 0 fully saturated rings. The quantitative estimate of drug-likeness (QED) is 0.620. The molecule has 0 saturated heterocycles. The number of aromatic amines is 1. The number of benzene rings is 2. The average molecular weight is 265 g/mol. The second-order valence-electron chi connectivity index (χ2n) is 5.41. The standard InChI is InChI=1S/C17H19N3/c1-11(2)19-15-6-3-12(4-7-15)17-10-13-9-14(18)5-8-16(13)20-17/h3-11,19-20H,18H2,1-2H3. The maximum absolute atomic E-state index is 5.82. The smallest absolute Gasteiger partial charge is 0.0464 e. The van der Waals surface area contributed by atoms with Gasteiger partial charge in [0.25, 0.3) is 0 Å². The van der Waals surface area contributed by atoms with E-state index in [0.717, 1.165) is 28.0 Å². The molecule has 20 heavy (non-hydrogen) atoms. The fraction of sp³-hybridized carbons (Fsp3) is 0.176. The summed E-state index contributed by atoms with van der Waals surface area (Å²) in [4.78, 5) is 3.42. The van der Waals surface area contributed by atoms with Gasteiger partial charge in [-0.15, -0.1) is 0 Å². The number of fused-ring (bicyclic) bond motifs is 1. The minimum atomic E-state index is 0.442. The van der Waals surface area contributed by atoms with Gasteiger partial charge in [0.2, 0.25) is 0 Å². The van der Waals surface area contributed by atoms with Crippen LogP contribution in [0.2, 0.25) is 0 Å². The molecule has 0 spiro atoms. The highest BCUT2D eigenvalue weighted by molar-refractivity contribution is 5.88. The fourth-order valence-electron chi connectivity index (χ4n) is 2.39. The molecule has 0 atom stereocenters. The lowest BCUT2D eigenvalue weighted by molar-refractivity contribution is 0.900. The summed E-state index contributed by atoms with van der Waals surface area (Å²) < 4.78 is 0. The van der Waals surface area contributed by atoms with Crippen molar-refractivity contribution in [2.45, 2.75) is 19.9 Å². The number of aromatic nitrogens is 1. The molecule has 3 heteroatoms. The summed E-state index contributed by atoms with van der Waals surface area (Å²) in [5, 5.41) is 4.53. The minimum Gasteiger partial charge on any atom is -0.399 e. The lowest BCUT2D eigenvalue weighted by Gasteiger charge is -2.10. The van der Waals surface area contributed by atoms with Crippen LogP contribution < -0.4 is 11.1 Å². The van der Waals surface area contributed by atoms with Gasteiger partial charge in [0.1, 0.15) is 0 Å². The minimum absolute atomic E-state index is 0.442. The summed E-state index contributed by atoms with van der Waals surface area (Å²) in [6, 6.07) is 17.0. The lowest BCUT2D eigenvalue weighted by atomic mass is 10.1. The largest absolute Gasteiger partial charge is 0.399 e. The number of nitrogens with one attached hydrogen (secondary N) is 2. The Morgan fingerprint density at radius 2 is 1.75 bits per heavy atom. The van der Waals surface area contributed by atoms with Crippen LogP contribution in [0.25, 0.3) is 22.2 Å². The first-order valence-electron chi connectivity index (χ1n) is 6.87. The Morgan fingerprint density at radius 1 is 1.00 bits per heavy atom. The normalized spacial score (nSPS) is 11.2. The van der Waals surface area contributed by atoms with Crippen molar-refractivity contribution in [2.75, 3.05) is 11.1 Å². The molecular formula is C17H19N3. The second kappa shape index (κ2) is 4.93. The summed E-state index contributed by atoms with van der Waals surface area (Å²) in [6.45, 7) is 4.27. The summed E-state index contributed by atoms with van der Waals surface area (Å²) in [6.07, 6.45) is 0. The highest BCUT2D eigenvalue weighted by Crippen LogP contribution is 2.26. The van der Waals surface area contributed by atoms with Gasteiger partial charge in [-0.1, -0.05) is 12.1 Å². The molecule has 0 aliphatic carbocycles. The number of hydrogen-bond donors (Lipinski definition) is 3. The molecule has 0 saturated carbocycles. The van der Waals surface area contributed by atoms with Gasteiger partial charge in [-0.25, -0.2) is 0 Å². The Labute approximate surface area is 118 Å². The van der Waals surface area contributed by atoms with Crippen LogP contribution in [0.4, 0.5) is 11.4 Å². The highest BCUT2D eigenvalue weighted by Gasteiger charge is 2.04. The van der Waals surface area contributed by atoms with Crippen molar-refractivity contribution in [3.63, 3.8) is 0 Å². The van der Waals surface area contributed by atoms with Crippen LogP contribution in [-0.4, -0.2) is 11.0 Å². The molecule has 0 aliphatic rings. The van der Waals surface area contributed by atoms with Crippen molar-refractivity contribution in [3.05, 3.63) is 48.5 Å². The van der Waals surface area contributed by atoms with Crippen molar-refractivity contribution in [1.82, 2.24) is 4.98 Å². The zero-order valence-corrected chi connectivity index (χ0v) is 11.8. The number of nitrogen functional groups attached to an aromatic ring is 1. The maximum atomic E-state index is 5.82. The Bertz CT molecular complexity index is 724. The van der Waals surface area contributed by atoms with Crippen LogP contribution in [0.1, 0.15) is 13.8 Å². The Hall–Kier alpha value is -2.42. The fourth-order valence-corrected chi connectivity index (χ4v) is 2.39. The summed E-state index contributed by atoms with van der Waals surface area (Å²) in [5.41, 5.74) is 11.1. The van der Waals surface area contributed by atoms with Gasteiger partial charge in [0.15, 0.2) is 0 Å². The zero-order chi connectivity index (χ0) is 14.1. The highest BCUT2D eigenvalue weighted by atomic mass is 14.9. The molecule has 2 aromatic carbocycles. The van der Waals surface area contributed by atoms with E-state index in [9.17, 15) is 0 Å². The first-order chi connectivity index (χ1) is 9.61. The number of rotatable bonds is 3. The van der Waals surface area contributed by atoms with E-state index in [-0.39, 0.29) is 0 Å². The molecule has 0 unspecified atom stereocenters. The van der Waals surface area contributed by atoms with E-state index in [1.165, 1.54) is 5.56 Å². The van der Waals surface area contributed by atoms with Crippen molar-refractivity contribution < 1.29 is 0 Å². The van der Waals surface area contributed by atoms with Gasteiger partial charge in [-0.05, 0) is 55.8 Å². The van der Waals surface area contributed by atoms with Crippen molar-refractivity contribution in [3.8, 4) is 11.3 Å². The molecule has 3 nitrogen and oxygen atoms in total. The van der Waals surface area contributed by atoms with Gasteiger partial charge < -0.3 is 16.0 Å². The topological polar surface area (TPSA) is 53.8 Å². The molecule has 4 N–H and O–H groups in total. The molecule has 3 rings (SSSR count). The van der Waals surface area contributed by atoms with E-state index < -0.39 is 0 Å². The number of nitrogens with two attached hydrogens (primary N) is 1. The molecule has 102 valence electrons. The number of H-pyrrole nitrogens is 1. The maximum Gasteiger partial charge on any atom is 0.0464 e. The monoisotopic (exact) mass is 265 g/mol. The Morgan fingerprint density at radius 3 is 2.45 bits per heavy atom. The van der Waals surface area contributed by atoms with Crippen LogP contribution >= 0.6 is 0 Å². The van der Waals surface area contributed by atoms with Crippen LogP contribution in [0.3, 0.4) is 0 Å². The predicted molar refractivity (Wildman–Crippen MR) is 86.9 cm³/mol. The van der Waals surface area contributed by atoms with Crippen molar-refractivity contribution >= 4 is 22.3 Å². The van der Waals surface area contributed by atoms with E-state index >= 15 is 0 Å². The SMILES string of the molecule is CC(C)Nc1ccc(-c2cc3cc(N)ccc3[nH]2)cc1. The molecule has 0 bridgehead atoms. The van der Waals surface area contributed by atoms with E-state index in [1.807, 2.05) is 18.2 Å². The van der Waals surface area contributed by atoms with E-state index in [4.69, 9.17) is 5.73 Å². The van der Waals surface area contributed by atoms with Crippen molar-refractivity contribution in [2.24, 2.45) is 0 Å². The molecule has 0 radical (unpaired) electrons. The first-order valence-corrected chi connectivity index (χ1v) is 6.87. The van der Waals surface area contributed by atoms with E-state index in [2.05, 4.69) is 54.5 Å². The lowest BCUT2D eigenvalue weighted by Crippen LogP contribution is -2.09. The van der Waals surface area contributed by atoms with Gasteiger partial charge in [-0.2, -0.15) is 0 Å². The molecule has 3 aromatic rings. The average Bonchev–Trinajstić information content (AvgIpc) is 2.81. The number of hydrogen-bond acceptors (Lipinski definition) is 2. The molecule has 1 aromatic heterocycles. The molecule has 1 heterocycles. The first kappa shape index (κ1) is 12.6. The predicted octanol–water partition coefficient (Wildman–Crippen LogP) is 4.24. The third-order valence-electron chi connectivity index (χ3n) is 3.30. The van der Waals surface area contributed by atoms with Crippen LogP contribution in [0.15, 0.2) is 48.5 Å². The third kappa shape index (κ3) is 2.48. The molecule has 0 amide bonds. The van der Waals surface area contributed by atoms with Gasteiger partial charge in [-0.3, -0.25) is 0 Å². The summed E-state index contributed by atoms with van der Waals surface area (Å²) >= 11 is 0. The van der Waals surface area contributed by atoms with Crippen LogP contribution in [-0.2, 0) is 0 Å². The van der Waals surface area contributed by atoms with E-state index in [0.29, 0.717) is 6.04 Å². The number of anilines is 2. The van der Waals surface area contributed by atoms with Gasteiger partial charge in [0, 0.05) is 34.0 Å². The summed E-state index contributed by atoms with van der Waals surface area (Å²) in [5.74, 6) is 0. The van der Waals surface area contributed by atoms with Crippen LogP contribution in [0, 0.1) is 0 Å². The second-order valence-corrected chi connectivity index (χ2v) is 5.41. The third-order valence-corrected chi connectivity index (χ3v) is 3.30. The molecular weight excluding hydrogens is 246 g/mol. The van der Waals surface area contributed by atoms with E-state index in [1.54, 1.807) is 0 Å². The van der Waals surface area contributed by atoms with Crippen molar-refractivity contribution in [1.29, 1.82) is 0 Å². The van der Waals surface area contributed by atoms with Gasteiger partial charge in [0.05, 0.1) is 0 Å². The Balaban J connectivity index is 1.94.